The van der Waals surface area contributed by atoms with Gasteiger partial charge in [-0.3, -0.25) is 0 Å². The van der Waals surface area contributed by atoms with Crippen molar-refractivity contribution in [3.05, 3.63) is 139 Å². The number of anilines is 6. The van der Waals surface area contributed by atoms with Crippen molar-refractivity contribution in [2.75, 3.05) is 28.4 Å². The van der Waals surface area contributed by atoms with E-state index >= 15 is 0 Å². The molecule has 0 aliphatic heterocycles. The Hall–Kier alpha value is -7.98. The first-order chi connectivity index (χ1) is 34.9. The second kappa shape index (κ2) is 21.0. The number of imidazole rings is 2. The number of H-pyrrole nitrogens is 2. The number of carboxylic acids is 1. The third kappa shape index (κ3) is 12.6. The van der Waals surface area contributed by atoms with Crippen LogP contribution in [0.5, 0.6) is 17.2 Å². The fourth-order valence-corrected chi connectivity index (χ4v) is 10.4. The molecule has 17 nitrogen and oxygen atoms in total. The van der Waals surface area contributed by atoms with Gasteiger partial charge >= 0.3 is 32.4 Å². The van der Waals surface area contributed by atoms with Crippen LogP contribution in [-0.2, 0) is 26.4 Å². The van der Waals surface area contributed by atoms with Crippen LogP contribution in [0, 0.1) is 0 Å². The third-order valence-electron chi connectivity index (χ3n) is 12.2. The Morgan fingerprint density at radius 3 is 1.52 bits per heavy atom. The standard InChI is InChI=1S/C26H25F3N4O4S.C25H24N4O5S/c1-36-21-13-16(26(27,28)29)12-19(14-21)31-25-32-23-11-8-20(15-24(23)33-25)37-38(34,35)22-9-6-18(7-10-22)30-17-4-2-3-5-17;30-24(31)16-4-3-7-19(14-16)27-25-28-22-13-10-20(15-23(22)29-25)34-35(32,33)21-11-8-18(9-12-21)26-17-5-1-2-6-17/h6-15,17,30H,2-5H2,1H3,(H2,31,32,33);3-4,7-15,17,26H,1-2,5-6H2,(H,30,31)(H2,27,28,29). The van der Waals surface area contributed by atoms with Crippen LogP contribution in [0.3, 0.4) is 0 Å². The summed E-state index contributed by atoms with van der Waals surface area (Å²) in [5.74, 6) is -0.252. The molecule has 2 saturated carbocycles. The summed E-state index contributed by atoms with van der Waals surface area (Å²) in [6.07, 6.45) is 4.73. The molecule has 2 heterocycles. The summed E-state index contributed by atoms with van der Waals surface area (Å²) in [5, 5.41) is 21.8. The van der Waals surface area contributed by atoms with Crippen LogP contribution in [0.1, 0.15) is 67.3 Å². The summed E-state index contributed by atoms with van der Waals surface area (Å²) in [7, 11) is -6.83. The van der Waals surface area contributed by atoms with E-state index in [4.69, 9.17) is 18.2 Å². The largest absolute Gasteiger partial charge is 0.497 e. The van der Waals surface area contributed by atoms with Gasteiger partial charge in [-0.15, -0.1) is 0 Å². The van der Waals surface area contributed by atoms with Gasteiger partial charge < -0.3 is 49.4 Å². The zero-order valence-corrected chi connectivity index (χ0v) is 40.6. The van der Waals surface area contributed by atoms with E-state index in [9.17, 15) is 34.8 Å². The van der Waals surface area contributed by atoms with Crippen molar-refractivity contribution < 1.29 is 53.0 Å². The summed E-state index contributed by atoms with van der Waals surface area (Å²) in [5.41, 5.74) is 3.72. The van der Waals surface area contributed by atoms with Crippen LogP contribution in [0.4, 0.5) is 47.8 Å². The van der Waals surface area contributed by atoms with Gasteiger partial charge in [0.05, 0.1) is 40.3 Å². The number of halogens is 3. The third-order valence-corrected chi connectivity index (χ3v) is 14.7. The Labute approximate surface area is 417 Å². The van der Waals surface area contributed by atoms with Crippen LogP contribution in [-0.4, -0.2) is 67.0 Å². The van der Waals surface area contributed by atoms with Gasteiger partial charge in [0.2, 0.25) is 11.9 Å². The molecule has 10 rings (SSSR count). The second-order valence-electron chi connectivity index (χ2n) is 17.5. The first-order valence-corrected chi connectivity index (χ1v) is 26.0. The molecule has 7 N–H and O–H groups in total. The first-order valence-electron chi connectivity index (χ1n) is 23.2. The molecule has 2 aromatic heterocycles. The van der Waals surface area contributed by atoms with Gasteiger partial charge in [-0.05, 0) is 129 Å². The Morgan fingerprint density at radius 1 is 0.589 bits per heavy atom. The van der Waals surface area contributed by atoms with E-state index in [1.165, 1.54) is 93.5 Å². The Kier molecular flexibility index (Phi) is 14.4. The number of aromatic amines is 2. The average molecular weight is 1040 g/mol. The number of ether oxygens (including phenoxy) is 1. The molecule has 0 saturated heterocycles. The van der Waals surface area contributed by atoms with Gasteiger partial charge in [0, 0.05) is 53.0 Å². The van der Waals surface area contributed by atoms with Gasteiger partial charge in [-0.25, -0.2) is 14.8 Å². The van der Waals surface area contributed by atoms with Gasteiger partial charge in [-0.1, -0.05) is 31.7 Å². The van der Waals surface area contributed by atoms with E-state index in [2.05, 4.69) is 41.2 Å². The average Bonchev–Trinajstić information content (AvgIpc) is 4.21. The highest BCUT2D eigenvalue weighted by Gasteiger charge is 2.32. The summed E-state index contributed by atoms with van der Waals surface area (Å²) in [4.78, 5) is 25.9. The molecule has 0 atom stereocenters. The van der Waals surface area contributed by atoms with Gasteiger partial charge in [0.15, 0.2) is 0 Å². The SMILES string of the molecule is COc1cc(Nc2nc3ccc(OS(=O)(=O)c4ccc(NC5CCCC5)cc4)cc3[nH]2)cc(C(F)(F)F)c1.O=C(O)c1cccc(Nc2nc3ccc(OS(=O)(=O)c4ccc(NC5CCCC5)cc4)cc3[nH]2)c1. The molecule has 0 amide bonds. The summed E-state index contributed by atoms with van der Waals surface area (Å²) < 4.78 is 107. The van der Waals surface area contributed by atoms with E-state index in [-0.39, 0.29) is 44.2 Å². The number of hydrogen-bond donors (Lipinski definition) is 7. The van der Waals surface area contributed by atoms with Gasteiger partial charge in [0.1, 0.15) is 27.0 Å². The molecule has 6 aromatic carbocycles. The predicted molar refractivity (Wildman–Crippen MR) is 270 cm³/mol. The predicted octanol–water partition coefficient (Wildman–Crippen LogP) is 11.6. The molecular weight excluding hydrogens is 990 g/mol. The van der Waals surface area contributed by atoms with E-state index in [1.807, 2.05) is 0 Å². The number of aromatic carboxylic acids is 1. The summed E-state index contributed by atoms with van der Waals surface area (Å²) >= 11 is 0. The highest BCUT2D eigenvalue weighted by molar-refractivity contribution is 7.87. The highest BCUT2D eigenvalue weighted by Crippen LogP contribution is 2.36. The fourth-order valence-electron chi connectivity index (χ4n) is 8.55. The van der Waals surface area contributed by atoms with Crippen LogP contribution < -0.4 is 34.4 Å². The van der Waals surface area contributed by atoms with Crippen LogP contribution in [0.15, 0.2) is 137 Å². The van der Waals surface area contributed by atoms with Crippen LogP contribution in [0.25, 0.3) is 22.1 Å². The topological polar surface area (TPSA) is 239 Å². The van der Waals surface area contributed by atoms with Crippen LogP contribution in [0.2, 0.25) is 0 Å². The van der Waals surface area contributed by atoms with E-state index in [1.54, 1.807) is 54.6 Å². The van der Waals surface area contributed by atoms with E-state index in [0.29, 0.717) is 45.8 Å². The Balaban J connectivity index is 0.000000180. The summed E-state index contributed by atoms with van der Waals surface area (Å²) in [6.45, 7) is 0. The minimum Gasteiger partial charge on any atom is -0.497 e. The lowest BCUT2D eigenvalue weighted by atomic mass is 10.2. The van der Waals surface area contributed by atoms with Gasteiger partial charge in [-0.2, -0.15) is 30.0 Å². The fraction of sp³-hybridized carbons (Fsp3) is 0.235. The smallest absolute Gasteiger partial charge is 0.416 e. The van der Waals surface area contributed by atoms with Crippen molar-refractivity contribution in [3.63, 3.8) is 0 Å². The number of alkyl halides is 3. The van der Waals surface area contributed by atoms with E-state index in [0.717, 1.165) is 49.2 Å². The molecule has 8 aromatic rings. The maximum atomic E-state index is 13.2. The van der Waals surface area contributed by atoms with Crippen molar-refractivity contribution in [1.82, 2.24) is 19.9 Å². The first kappa shape index (κ1) is 50.0. The quantitative estimate of drug-likeness (QED) is 0.0446. The molecule has 2 fully saturated rings. The van der Waals surface area contributed by atoms with Crippen molar-refractivity contribution in [1.29, 1.82) is 0 Å². The minimum absolute atomic E-state index is 0.0139. The number of methoxy groups -OCH3 is 1. The molecule has 2 aliphatic carbocycles. The molecule has 0 unspecified atom stereocenters. The number of nitrogens with one attached hydrogen (secondary N) is 6. The number of hydrogen-bond acceptors (Lipinski definition) is 14. The molecule has 2 aliphatic rings. The number of carbonyl (C=O) groups is 1. The van der Waals surface area contributed by atoms with E-state index < -0.39 is 37.9 Å². The lowest BCUT2D eigenvalue weighted by Gasteiger charge is -2.14. The maximum Gasteiger partial charge on any atom is 0.416 e. The number of fused-ring (bicyclic) bond motifs is 2. The number of rotatable bonds is 16. The number of aromatic nitrogens is 4. The molecule has 22 heteroatoms. The minimum atomic E-state index is -4.55. The van der Waals surface area contributed by atoms with Gasteiger partial charge in [0.25, 0.3) is 0 Å². The lowest BCUT2D eigenvalue weighted by Crippen LogP contribution is -2.14. The molecule has 0 spiro atoms. The maximum absolute atomic E-state index is 13.2. The molecule has 0 radical (unpaired) electrons. The van der Waals surface area contributed by atoms with Crippen molar-refractivity contribution >= 4 is 82.9 Å². The lowest BCUT2D eigenvalue weighted by molar-refractivity contribution is -0.137. The zero-order chi connectivity index (χ0) is 51.3. The number of nitrogens with zero attached hydrogens (tertiary/aromatic N) is 2. The highest BCUT2D eigenvalue weighted by atomic mass is 32.2. The number of carboxylic acid groups (broad SMARTS) is 1. The normalized spacial score (nSPS) is 14.4. The van der Waals surface area contributed by atoms with Crippen molar-refractivity contribution in [3.8, 4) is 17.2 Å². The zero-order valence-electron chi connectivity index (χ0n) is 39.0. The molecular formula is C51H49F3N8O9S2. The second-order valence-corrected chi connectivity index (χ2v) is 20.6. The monoisotopic (exact) mass is 1040 g/mol. The van der Waals surface area contributed by atoms with Crippen molar-refractivity contribution in [2.24, 2.45) is 0 Å². The van der Waals surface area contributed by atoms with Crippen LogP contribution >= 0.6 is 0 Å². The molecule has 380 valence electrons. The summed E-state index contributed by atoms with van der Waals surface area (Å²) in [6, 6.07) is 32.6. The molecule has 0 bridgehead atoms. The molecule has 73 heavy (non-hydrogen) atoms. The number of benzene rings is 6. The Morgan fingerprint density at radius 2 is 1.07 bits per heavy atom. The van der Waals surface area contributed by atoms with Crippen molar-refractivity contribution in [2.45, 2.75) is 79.4 Å². The Bertz CT molecular complexity index is 3490.